The van der Waals surface area contributed by atoms with Gasteiger partial charge in [-0.3, -0.25) is 4.79 Å². The molecule has 0 saturated heterocycles. The molecule has 3 aromatic rings. The summed E-state index contributed by atoms with van der Waals surface area (Å²) in [7, 11) is 0. The average molecular weight is 427 g/mol. The smallest absolute Gasteiger partial charge is 0.224 e. The molecule has 8 heteroatoms. The molecule has 30 heavy (non-hydrogen) atoms. The molecule has 160 valence electrons. The Morgan fingerprint density at radius 1 is 1.13 bits per heavy atom. The Balaban J connectivity index is 1.70. The van der Waals surface area contributed by atoms with E-state index in [1.165, 1.54) is 0 Å². The number of nitrogens with one attached hydrogen (secondary N) is 2. The van der Waals surface area contributed by atoms with Crippen molar-refractivity contribution in [2.75, 3.05) is 18.4 Å². The Bertz CT molecular complexity index is 970. The summed E-state index contributed by atoms with van der Waals surface area (Å²) in [5.41, 5.74) is 1.79. The van der Waals surface area contributed by atoms with Crippen molar-refractivity contribution in [1.29, 1.82) is 0 Å². The molecule has 0 fully saturated rings. The highest BCUT2D eigenvalue weighted by molar-refractivity contribution is 7.99. The first-order valence-corrected chi connectivity index (χ1v) is 11.2. The Hall–Kier alpha value is -2.61. The lowest BCUT2D eigenvalue weighted by atomic mass is 10.1. The van der Waals surface area contributed by atoms with Crippen molar-refractivity contribution in [3.63, 3.8) is 0 Å². The summed E-state index contributed by atoms with van der Waals surface area (Å²) in [5, 5.41) is 12.9. The Kier molecular flexibility index (Phi) is 7.68. The van der Waals surface area contributed by atoms with E-state index in [9.17, 15) is 4.79 Å². The van der Waals surface area contributed by atoms with E-state index < -0.39 is 0 Å². The van der Waals surface area contributed by atoms with Crippen molar-refractivity contribution in [2.45, 2.75) is 51.1 Å². The Morgan fingerprint density at radius 2 is 1.90 bits per heavy atom. The maximum Gasteiger partial charge on any atom is 0.224 e. The maximum absolute atomic E-state index is 12.2. The highest BCUT2D eigenvalue weighted by atomic mass is 32.2. The van der Waals surface area contributed by atoms with E-state index in [1.807, 2.05) is 35.0 Å². The number of amides is 1. The van der Waals surface area contributed by atoms with Crippen LogP contribution in [0.3, 0.4) is 0 Å². The van der Waals surface area contributed by atoms with Gasteiger partial charge in [0.2, 0.25) is 5.91 Å². The minimum Gasteiger partial charge on any atom is -0.369 e. The van der Waals surface area contributed by atoms with Crippen LogP contribution in [0.1, 0.15) is 33.3 Å². The third-order valence-corrected chi connectivity index (χ3v) is 5.21. The fraction of sp³-hybridized carbons (Fsp3) is 0.455. The monoisotopic (exact) mass is 426 g/mol. The summed E-state index contributed by atoms with van der Waals surface area (Å²) >= 11 is 1.63. The minimum absolute atomic E-state index is 0.00243. The van der Waals surface area contributed by atoms with Crippen LogP contribution < -0.4 is 10.6 Å². The third-order valence-electron chi connectivity index (χ3n) is 4.35. The molecular weight excluding hydrogens is 396 g/mol. The van der Waals surface area contributed by atoms with E-state index in [4.69, 9.17) is 9.97 Å². The van der Waals surface area contributed by atoms with Gasteiger partial charge in [0, 0.05) is 18.3 Å². The highest BCUT2D eigenvalue weighted by Gasteiger charge is 2.15. The molecular formula is C22H30N6OS. The first-order chi connectivity index (χ1) is 14.4. The Labute approximate surface area is 182 Å². The first kappa shape index (κ1) is 22.1. The van der Waals surface area contributed by atoms with Crippen molar-refractivity contribution in [3.05, 3.63) is 42.1 Å². The molecule has 2 heterocycles. The van der Waals surface area contributed by atoms with Gasteiger partial charge in [-0.15, -0.1) is 0 Å². The fourth-order valence-electron chi connectivity index (χ4n) is 2.94. The van der Waals surface area contributed by atoms with Crippen molar-refractivity contribution in [3.8, 4) is 0 Å². The lowest BCUT2D eigenvalue weighted by Crippen LogP contribution is -2.28. The average Bonchev–Trinajstić information content (AvgIpc) is 3.09. The summed E-state index contributed by atoms with van der Waals surface area (Å²) in [5.74, 6) is 1.32. The maximum atomic E-state index is 12.2. The lowest BCUT2D eigenvalue weighted by molar-refractivity contribution is -0.120. The molecule has 0 spiro atoms. The van der Waals surface area contributed by atoms with E-state index in [-0.39, 0.29) is 5.91 Å². The molecule has 7 nitrogen and oxygen atoms in total. The molecule has 2 aromatic heterocycles. The van der Waals surface area contributed by atoms with Gasteiger partial charge in [0.25, 0.3) is 0 Å². The number of thioether (sulfide) groups is 1. The van der Waals surface area contributed by atoms with E-state index in [0.717, 1.165) is 34.1 Å². The van der Waals surface area contributed by atoms with Crippen LogP contribution in [0.25, 0.3) is 11.0 Å². The molecule has 0 aliphatic carbocycles. The van der Waals surface area contributed by atoms with Gasteiger partial charge in [0.05, 0.1) is 24.5 Å². The normalized spacial score (nSPS) is 11.4. The molecule has 1 aromatic carbocycles. The van der Waals surface area contributed by atoms with Gasteiger partial charge >= 0.3 is 0 Å². The molecule has 0 atom stereocenters. The number of carbonyl (C=O) groups excluding carboxylic acids is 1. The van der Waals surface area contributed by atoms with Crippen LogP contribution in [0.4, 0.5) is 5.82 Å². The number of hydrogen-bond donors (Lipinski definition) is 2. The van der Waals surface area contributed by atoms with Gasteiger partial charge in [-0.25, -0.2) is 14.6 Å². The van der Waals surface area contributed by atoms with Crippen LogP contribution >= 0.6 is 11.8 Å². The second-order valence-corrected chi connectivity index (χ2v) is 9.46. The number of hydrogen-bond acceptors (Lipinski definition) is 6. The van der Waals surface area contributed by atoms with Crippen molar-refractivity contribution < 1.29 is 4.79 Å². The molecule has 3 rings (SSSR count). The van der Waals surface area contributed by atoms with Crippen molar-refractivity contribution >= 4 is 34.5 Å². The van der Waals surface area contributed by atoms with Crippen LogP contribution in [-0.2, 0) is 17.8 Å². The molecule has 0 aliphatic heterocycles. The zero-order valence-electron chi connectivity index (χ0n) is 18.1. The zero-order chi connectivity index (χ0) is 21.5. The molecule has 0 radical (unpaired) electrons. The van der Waals surface area contributed by atoms with Gasteiger partial charge in [-0.05, 0) is 11.5 Å². The number of nitrogens with zero attached hydrogens (tertiary/aromatic N) is 4. The molecule has 0 bridgehead atoms. The summed E-state index contributed by atoms with van der Waals surface area (Å²) in [4.78, 5) is 21.6. The quantitative estimate of drug-likeness (QED) is 0.379. The van der Waals surface area contributed by atoms with Gasteiger partial charge in [-0.2, -0.15) is 5.10 Å². The number of fused-ring (bicyclic) bond motifs is 1. The third kappa shape index (κ3) is 6.19. The number of anilines is 1. The minimum atomic E-state index is 0.00243. The van der Waals surface area contributed by atoms with E-state index in [0.29, 0.717) is 30.7 Å². The molecule has 2 N–H and O–H groups in total. The van der Waals surface area contributed by atoms with E-state index in [1.54, 1.807) is 18.0 Å². The first-order valence-electron chi connectivity index (χ1n) is 10.4. The summed E-state index contributed by atoms with van der Waals surface area (Å²) in [6.07, 6.45) is 2.18. The number of aromatic nitrogens is 4. The fourth-order valence-corrected chi connectivity index (χ4v) is 3.65. The van der Waals surface area contributed by atoms with Crippen molar-refractivity contribution in [1.82, 2.24) is 25.1 Å². The predicted octanol–water partition coefficient (Wildman–Crippen LogP) is 3.75. The van der Waals surface area contributed by atoms with Crippen LogP contribution in [0, 0.1) is 5.92 Å². The largest absolute Gasteiger partial charge is 0.369 e. The van der Waals surface area contributed by atoms with Crippen molar-refractivity contribution in [2.24, 2.45) is 5.92 Å². The number of carbonyl (C=O) groups is 1. The second kappa shape index (κ2) is 10.4. The molecule has 1 amide bonds. The SMILES string of the molecule is CC(C)CNc1nc(SC(C)C)nc2c1cnn2CCNC(=O)Cc1ccccc1. The summed E-state index contributed by atoms with van der Waals surface area (Å²) in [6, 6.07) is 9.74. The van der Waals surface area contributed by atoms with Gasteiger partial charge in [0.1, 0.15) is 5.82 Å². The topological polar surface area (TPSA) is 84.7 Å². The molecule has 0 saturated carbocycles. The van der Waals surface area contributed by atoms with Gasteiger partial charge in [0.15, 0.2) is 10.8 Å². The standard InChI is InChI=1S/C22H30N6OS/c1-15(2)13-24-20-18-14-25-28(21(18)27-22(26-20)30-16(3)4)11-10-23-19(29)12-17-8-6-5-7-9-17/h5-9,14-16H,10-13H2,1-4H3,(H,23,29)(H,24,26,27). The summed E-state index contributed by atoms with van der Waals surface area (Å²) < 4.78 is 1.84. The van der Waals surface area contributed by atoms with Crippen LogP contribution in [0.2, 0.25) is 0 Å². The van der Waals surface area contributed by atoms with Crippen LogP contribution in [0.15, 0.2) is 41.7 Å². The number of benzene rings is 1. The summed E-state index contributed by atoms with van der Waals surface area (Å²) in [6.45, 7) is 10.5. The zero-order valence-corrected chi connectivity index (χ0v) is 18.9. The molecule has 0 unspecified atom stereocenters. The predicted molar refractivity (Wildman–Crippen MR) is 123 cm³/mol. The van der Waals surface area contributed by atoms with Crippen LogP contribution in [-0.4, -0.2) is 44.0 Å². The lowest BCUT2D eigenvalue weighted by Gasteiger charge is -2.12. The van der Waals surface area contributed by atoms with Gasteiger partial charge in [-0.1, -0.05) is 69.8 Å². The van der Waals surface area contributed by atoms with Crippen LogP contribution in [0.5, 0.6) is 0 Å². The van der Waals surface area contributed by atoms with Gasteiger partial charge < -0.3 is 10.6 Å². The highest BCUT2D eigenvalue weighted by Crippen LogP contribution is 2.26. The van der Waals surface area contributed by atoms with E-state index >= 15 is 0 Å². The molecule has 0 aliphatic rings. The Morgan fingerprint density at radius 3 is 2.60 bits per heavy atom. The van der Waals surface area contributed by atoms with E-state index in [2.05, 4.69) is 43.4 Å². The number of rotatable bonds is 10. The second-order valence-electron chi connectivity index (χ2n) is 7.91.